The number of fused-ring (bicyclic) bond motifs is 4. The molecule has 1 aliphatic rings. The molecule has 0 aromatic heterocycles. The van der Waals surface area contributed by atoms with Crippen LogP contribution in [0.15, 0.2) is 115 Å². The summed E-state index contributed by atoms with van der Waals surface area (Å²) in [6.07, 6.45) is 2.17. The smallest absolute Gasteiger partial charge is 0.346 e. The first kappa shape index (κ1) is 22.3. The second-order valence-corrected chi connectivity index (χ2v) is 9.08. The molecule has 4 heteroatoms. The maximum atomic E-state index is 11.3. The van der Waals surface area contributed by atoms with Crippen molar-refractivity contribution in [2.24, 2.45) is 0 Å². The third-order valence-electron chi connectivity index (χ3n) is 6.83. The van der Waals surface area contributed by atoms with E-state index >= 15 is 0 Å². The maximum Gasteiger partial charge on any atom is 0.346 e. The van der Waals surface area contributed by atoms with Crippen molar-refractivity contribution in [3.8, 4) is 17.2 Å². The van der Waals surface area contributed by atoms with Gasteiger partial charge in [-0.15, -0.1) is 0 Å². The van der Waals surface area contributed by atoms with Crippen molar-refractivity contribution in [2.75, 3.05) is 4.90 Å². The highest BCUT2D eigenvalue weighted by atomic mass is 16.4. The lowest BCUT2D eigenvalue weighted by Crippen LogP contribution is -2.10. The molecule has 0 saturated carbocycles. The Morgan fingerprint density at radius 2 is 1.49 bits per heavy atom. The SMILES string of the molecule is N#C/C(=C/c1ccc2c(c1)Cc1cc(N(c3ccccc3)c3cccc4ccccc34)ccc1-2)C(=O)O. The minimum absolute atomic E-state index is 0.272. The van der Waals surface area contributed by atoms with Crippen LogP contribution in [0.2, 0.25) is 0 Å². The van der Waals surface area contributed by atoms with Gasteiger partial charge >= 0.3 is 5.97 Å². The van der Waals surface area contributed by atoms with Crippen molar-refractivity contribution < 1.29 is 9.90 Å². The van der Waals surface area contributed by atoms with E-state index in [1.807, 2.05) is 24.3 Å². The van der Waals surface area contributed by atoms with E-state index in [-0.39, 0.29) is 5.57 Å². The molecule has 37 heavy (non-hydrogen) atoms. The molecule has 0 atom stereocenters. The summed E-state index contributed by atoms with van der Waals surface area (Å²) in [4.78, 5) is 13.6. The average Bonchev–Trinajstić information content (AvgIpc) is 3.29. The van der Waals surface area contributed by atoms with Gasteiger partial charge in [-0.2, -0.15) is 5.26 Å². The molecule has 0 aliphatic heterocycles. The molecule has 1 aliphatic carbocycles. The monoisotopic (exact) mass is 478 g/mol. The summed E-state index contributed by atoms with van der Waals surface area (Å²) < 4.78 is 0. The molecular weight excluding hydrogens is 456 g/mol. The first-order chi connectivity index (χ1) is 18.1. The highest BCUT2D eigenvalue weighted by Crippen LogP contribution is 2.43. The molecule has 1 N–H and O–H groups in total. The van der Waals surface area contributed by atoms with Gasteiger partial charge < -0.3 is 10.0 Å². The summed E-state index contributed by atoms with van der Waals surface area (Å²) >= 11 is 0. The minimum Gasteiger partial charge on any atom is -0.477 e. The number of aliphatic carboxylic acids is 1. The Labute approximate surface area is 215 Å². The zero-order valence-corrected chi connectivity index (χ0v) is 19.9. The topological polar surface area (TPSA) is 64.3 Å². The van der Waals surface area contributed by atoms with Gasteiger partial charge in [0.2, 0.25) is 0 Å². The van der Waals surface area contributed by atoms with Crippen LogP contribution < -0.4 is 4.90 Å². The first-order valence-electron chi connectivity index (χ1n) is 12.1. The van der Waals surface area contributed by atoms with Gasteiger partial charge in [-0.05, 0) is 76.0 Å². The fourth-order valence-electron chi connectivity index (χ4n) is 5.16. The van der Waals surface area contributed by atoms with Crippen LogP contribution in [0, 0.1) is 11.3 Å². The summed E-state index contributed by atoms with van der Waals surface area (Å²) in [5.41, 5.74) is 8.38. The molecule has 0 fully saturated rings. The Morgan fingerprint density at radius 3 is 2.27 bits per heavy atom. The lowest BCUT2D eigenvalue weighted by molar-refractivity contribution is -0.132. The summed E-state index contributed by atoms with van der Waals surface area (Å²) in [7, 11) is 0. The molecule has 5 aromatic carbocycles. The largest absolute Gasteiger partial charge is 0.477 e. The number of hydrogen-bond donors (Lipinski definition) is 1. The van der Waals surface area contributed by atoms with E-state index in [0.29, 0.717) is 5.56 Å². The summed E-state index contributed by atoms with van der Waals surface area (Å²) in [6, 6.07) is 39.4. The number of benzene rings is 5. The van der Waals surface area contributed by atoms with Crippen molar-refractivity contribution in [1.82, 2.24) is 0 Å². The molecule has 0 amide bonds. The van der Waals surface area contributed by atoms with Crippen molar-refractivity contribution in [2.45, 2.75) is 6.42 Å². The van der Waals surface area contributed by atoms with E-state index in [4.69, 9.17) is 5.26 Å². The second kappa shape index (κ2) is 9.14. The Hall–Kier alpha value is -5.14. The summed E-state index contributed by atoms with van der Waals surface area (Å²) in [5, 5.41) is 20.7. The molecule has 176 valence electrons. The molecule has 4 nitrogen and oxygen atoms in total. The van der Waals surface area contributed by atoms with Crippen LogP contribution >= 0.6 is 0 Å². The number of carboxylic acids is 1. The van der Waals surface area contributed by atoms with Crippen LogP contribution in [-0.4, -0.2) is 11.1 Å². The van der Waals surface area contributed by atoms with E-state index in [2.05, 4.69) is 89.8 Å². The fourth-order valence-corrected chi connectivity index (χ4v) is 5.16. The van der Waals surface area contributed by atoms with E-state index in [1.54, 1.807) is 6.07 Å². The lowest BCUT2D eigenvalue weighted by Gasteiger charge is -2.27. The first-order valence-corrected chi connectivity index (χ1v) is 12.1. The normalized spacial score (nSPS) is 12.0. The number of nitrogens with zero attached hydrogens (tertiary/aromatic N) is 2. The fraction of sp³-hybridized carbons (Fsp3) is 0.0303. The predicted octanol–water partition coefficient (Wildman–Crippen LogP) is 7.87. The van der Waals surface area contributed by atoms with Crippen molar-refractivity contribution in [3.05, 3.63) is 131 Å². The van der Waals surface area contributed by atoms with Gasteiger partial charge in [0.1, 0.15) is 11.6 Å². The standard InChI is InChI=1S/C33H22N2O2/c34-21-26(33(36)37)18-22-13-15-29-24(17-22)19-25-20-28(14-16-30(25)29)35(27-9-2-1-3-10-27)32-12-6-8-23-7-4-5-11-31(23)32/h1-18,20H,19H2,(H,36,37)/b26-18-. The molecule has 0 unspecified atom stereocenters. The maximum absolute atomic E-state index is 11.3. The van der Waals surface area contributed by atoms with Crippen LogP contribution in [0.4, 0.5) is 17.1 Å². The number of anilines is 3. The van der Waals surface area contributed by atoms with E-state index in [1.165, 1.54) is 28.0 Å². The van der Waals surface area contributed by atoms with Crippen molar-refractivity contribution >= 4 is 39.9 Å². The van der Waals surface area contributed by atoms with Crippen molar-refractivity contribution in [3.63, 3.8) is 0 Å². The summed E-state index contributed by atoms with van der Waals surface area (Å²) in [5.74, 6) is -1.22. The average molecular weight is 479 g/mol. The van der Waals surface area contributed by atoms with E-state index < -0.39 is 5.97 Å². The quantitative estimate of drug-likeness (QED) is 0.202. The van der Waals surface area contributed by atoms with Gasteiger partial charge in [0.05, 0.1) is 5.69 Å². The van der Waals surface area contributed by atoms with Gasteiger partial charge in [0.25, 0.3) is 0 Å². The zero-order chi connectivity index (χ0) is 25.4. The predicted molar refractivity (Wildman–Crippen MR) is 148 cm³/mol. The molecule has 0 radical (unpaired) electrons. The molecular formula is C33H22N2O2. The summed E-state index contributed by atoms with van der Waals surface area (Å²) in [6.45, 7) is 0. The number of para-hydroxylation sites is 1. The van der Waals surface area contributed by atoms with E-state index in [0.717, 1.165) is 34.6 Å². The Bertz CT molecular complexity index is 1740. The van der Waals surface area contributed by atoms with Crippen LogP contribution in [0.5, 0.6) is 0 Å². The molecule has 5 aromatic rings. The number of carboxylic acid groups (broad SMARTS) is 1. The Kier molecular flexibility index (Phi) is 5.52. The highest BCUT2D eigenvalue weighted by molar-refractivity contribution is 5.99. The van der Waals surface area contributed by atoms with Crippen LogP contribution in [0.25, 0.3) is 28.0 Å². The van der Waals surface area contributed by atoms with Gasteiger partial charge in [0.15, 0.2) is 0 Å². The number of carbonyl (C=O) groups is 1. The zero-order valence-electron chi connectivity index (χ0n) is 19.9. The van der Waals surface area contributed by atoms with Gasteiger partial charge in [0, 0.05) is 16.8 Å². The Balaban J connectivity index is 1.44. The number of hydrogen-bond acceptors (Lipinski definition) is 3. The molecule has 0 bridgehead atoms. The van der Waals surface area contributed by atoms with Crippen LogP contribution in [-0.2, 0) is 11.2 Å². The van der Waals surface area contributed by atoms with Crippen molar-refractivity contribution in [1.29, 1.82) is 5.26 Å². The second-order valence-electron chi connectivity index (χ2n) is 9.08. The van der Waals surface area contributed by atoms with Crippen LogP contribution in [0.1, 0.15) is 16.7 Å². The highest BCUT2D eigenvalue weighted by Gasteiger charge is 2.22. The van der Waals surface area contributed by atoms with Gasteiger partial charge in [-0.3, -0.25) is 0 Å². The number of rotatable bonds is 5. The molecule has 0 saturated heterocycles. The third-order valence-corrected chi connectivity index (χ3v) is 6.83. The molecule has 0 heterocycles. The van der Waals surface area contributed by atoms with E-state index in [9.17, 15) is 9.90 Å². The molecule has 6 rings (SSSR count). The lowest BCUT2D eigenvalue weighted by atomic mass is 10.0. The molecule has 0 spiro atoms. The number of nitriles is 1. The Morgan fingerprint density at radius 1 is 0.784 bits per heavy atom. The van der Waals surface area contributed by atoms with Gasteiger partial charge in [-0.1, -0.05) is 78.9 Å². The van der Waals surface area contributed by atoms with Gasteiger partial charge in [-0.25, -0.2) is 4.79 Å². The van der Waals surface area contributed by atoms with Crippen LogP contribution in [0.3, 0.4) is 0 Å². The third kappa shape index (κ3) is 4.03. The minimum atomic E-state index is -1.22.